The number of thiazole rings is 2. The van der Waals surface area contributed by atoms with Gasteiger partial charge in [0.05, 0.1) is 10.5 Å². The lowest BCUT2D eigenvalue weighted by atomic mass is 10.2. The van der Waals surface area contributed by atoms with Gasteiger partial charge in [-0.05, 0) is 51.0 Å². The first-order valence-electron chi connectivity index (χ1n) is 12.4. The molecular weight excluding hydrogens is 543 g/mol. The number of sulfonamides is 1. The quantitative estimate of drug-likeness (QED) is 0.159. The van der Waals surface area contributed by atoms with E-state index in [1.165, 1.54) is 22.7 Å². The van der Waals surface area contributed by atoms with Crippen LogP contribution in [0, 0.1) is 0 Å². The molecule has 1 aromatic carbocycles. The van der Waals surface area contributed by atoms with E-state index in [1.54, 1.807) is 29.8 Å². The Morgan fingerprint density at radius 1 is 0.947 bits per heavy atom. The summed E-state index contributed by atoms with van der Waals surface area (Å²) >= 11 is 2.79. The van der Waals surface area contributed by atoms with Crippen LogP contribution in [-0.2, 0) is 16.4 Å². The largest absolute Gasteiger partial charge is 0.351 e. The second kappa shape index (κ2) is 13.8. The number of nitrogens with zero attached hydrogens (tertiary/aromatic N) is 3. The summed E-state index contributed by atoms with van der Waals surface area (Å²) in [5.74, 6) is -0.205. The van der Waals surface area contributed by atoms with Crippen LogP contribution in [0.5, 0.6) is 0 Å². The number of hydrogen-bond acceptors (Lipinski definition) is 10. The maximum atomic E-state index is 12.9. The van der Waals surface area contributed by atoms with Crippen LogP contribution in [0.25, 0.3) is 21.6 Å². The van der Waals surface area contributed by atoms with Crippen molar-refractivity contribution in [2.45, 2.75) is 30.6 Å². The van der Waals surface area contributed by atoms with E-state index in [0.717, 1.165) is 42.7 Å². The van der Waals surface area contributed by atoms with E-state index in [0.29, 0.717) is 41.4 Å². The molecule has 202 valence electrons. The molecule has 0 bridgehead atoms. The van der Waals surface area contributed by atoms with Gasteiger partial charge in [-0.25, -0.2) is 23.1 Å². The van der Waals surface area contributed by atoms with Crippen LogP contribution in [0.2, 0.25) is 0 Å². The van der Waals surface area contributed by atoms with Crippen molar-refractivity contribution in [2.24, 2.45) is 5.73 Å². The van der Waals surface area contributed by atoms with Crippen LogP contribution in [0.3, 0.4) is 0 Å². The molecule has 4 aromatic rings. The van der Waals surface area contributed by atoms with Gasteiger partial charge in [0.2, 0.25) is 10.0 Å². The van der Waals surface area contributed by atoms with Crippen molar-refractivity contribution < 1.29 is 13.2 Å². The van der Waals surface area contributed by atoms with Gasteiger partial charge < -0.3 is 16.4 Å². The van der Waals surface area contributed by atoms with Crippen LogP contribution in [0.4, 0.5) is 0 Å². The predicted molar refractivity (Wildman–Crippen MR) is 152 cm³/mol. The molecule has 1 amide bonds. The van der Waals surface area contributed by atoms with Gasteiger partial charge in [0.15, 0.2) is 0 Å². The minimum absolute atomic E-state index is 0.155. The van der Waals surface area contributed by atoms with E-state index < -0.39 is 10.0 Å². The Morgan fingerprint density at radius 3 is 2.66 bits per heavy atom. The molecule has 4 rings (SSSR count). The van der Waals surface area contributed by atoms with Crippen molar-refractivity contribution in [1.82, 2.24) is 30.3 Å². The summed E-state index contributed by atoms with van der Waals surface area (Å²) in [5, 5.41) is 12.0. The SMILES string of the molecule is NCCCCNCCCNC(=O)c1csc(-c2csc(CCNS(=O)(=O)c3cccc4cccnc34)n2)n1. The lowest BCUT2D eigenvalue weighted by molar-refractivity contribution is 0.0949. The summed E-state index contributed by atoms with van der Waals surface area (Å²) in [6.45, 7) is 3.25. The maximum Gasteiger partial charge on any atom is 0.270 e. The molecule has 0 spiro atoms. The second-order valence-corrected chi connectivity index (χ2v) is 12.0. The maximum absolute atomic E-state index is 12.9. The molecule has 0 atom stereocenters. The molecule has 3 heterocycles. The highest BCUT2D eigenvalue weighted by Gasteiger charge is 2.18. The zero-order valence-electron chi connectivity index (χ0n) is 20.9. The van der Waals surface area contributed by atoms with Crippen LogP contribution in [0.15, 0.2) is 52.2 Å². The topological polar surface area (TPSA) is 152 Å². The smallest absolute Gasteiger partial charge is 0.270 e. The van der Waals surface area contributed by atoms with E-state index in [-0.39, 0.29) is 17.3 Å². The number of pyridine rings is 1. The lowest BCUT2D eigenvalue weighted by Crippen LogP contribution is -2.28. The summed E-state index contributed by atoms with van der Waals surface area (Å²) in [5.41, 5.74) is 6.96. The number of carbonyl (C=O) groups is 1. The van der Waals surface area contributed by atoms with E-state index in [1.807, 2.05) is 17.5 Å². The molecule has 10 nitrogen and oxygen atoms in total. The van der Waals surface area contributed by atoms with Crippen LogP contribution >= 0.6 is 22.7 Å². The number of rotatable bonds is 15. The number of amides is 1. The van der Waals surface area contributed by atoms with Gasteiger partial charge in [-0.1, -0.05) is 18.2 Å². The highest BCUT2D eigenvalue weighted by Crippen LogP contribution is 2.26. The number of aromatic nitrogens is 3. The van der Waals surface area contributed by atoms with Crippen LogP contribution < -0.4 is 21.1 Å². The van der Waals surface area contributed by atoms with Crippen molar-refractivity contribution in [3.8, 4) is 10.7 Å². The fraction of sp³-hybridized carbons (Fsp3) is 0.360. The number of benzene rings is 1. The first kappa shape index (κ1) is 28.2. The fourth-order valence-electron chi connectivity index (χ4n) is 3.71. The standard InChI is InChI=1S/C25H31N7O3S3/c26-10-1-2-11-27-12-5-14-29-24(33)19-16-37-25(32-19)20-17-36-22(31-20)9-15-30-38(34,35)21-8-3-6-18-7-4-13-28-23(18)21/h3-4,6-8,13,16-17,27,30H,1-2,5,9-12,14-15,26H2,(H,29,33). The molecule has 0 aliphatic rings. The Hall–Kier alpha value is -2.81. The Morgan fingerprint density at radius 2 is 1.79 bits per heavy atom. The summed E-state index contributed by atoms with van der Waals surface area (Å²) in [6, 6.07) is 8.69. The van der Waals surface area contributed by atoms with Crippen LogP contribution in [0.1, 0.15) is 34.8 Å². The Balaban J connectivity index is 1.25. The fourth-order valence-corrected chi connectivity index (χ4v) is 6.53. The molecule has 0 saturated heterocycles. The highest BCUT2D eigenvalue weighted by molar-refractivity contribution is 7.89. The summed E-state index contributed by atoms with van der Waals surface area (Å²) < 4.78 is 28.4. The van der Waals surface area contributed by atoms with E-state index >= 15 is 0 Å². The van der Waals surface area contributed by atoms with Gasteiger partial charge in [0.1, 0.15) is 21.3 Å². The predicted octanol–water partition coefficient (Wildman–Crippen LogP) is 2.78. The zero-order chi connectivity index (χ0) is 26.8. The average molecular weight is 574 g/mol. The Labute approximate surface area is 230 Å². The van der Waals surface area contributed by atoms with Crippen molar-refractivity contribution in [3.05, 3.63) is 58.0 Å². The normalized spacial score (nSPS) is 11.7. The number of nitrogens with one attached hydrogen (secondary N) is 3. The molecule has 0 radical (unpaired) electrons. The molecule has 0 fully saturated rings. The Bertz CT molecular complexity index is 1450. The highest BCUT2D eigenvalue weighted by atomic mass is 32.2. The van der Waals surface area contributed by atoms with Crippen molar-refractivity contribution in [2.75, 3.05) is 32.7 Å². The van der Waals surface area contributed by atoms with Gasteiger partial charge >= 0.3 is 0 Å². The number of nitrogens with two attached hydrogens (primary N) is 1. The molecule has 0 aliphatic carbocycles. The Kier molecular flexibility index (Phi) is 10.3. The van der Waals surface area contributed by atoms with Gasteiger partial charge in [0, 0.05) is 41.9 Å². The molecule has 0 saturated carbocycles. The van der Waals surface area contributed by atoms with Crippen molar-refractivity contribution in [3.63, 3.8) is 0 Å². The van der Waals surface area contributed by atoms with Gasteiger partial charge in [-0.2, -0.15) is 0 Å². The van der Waals surface area contributed by atoms with E-state index in [4.69, 9.17) is 5.73 Å². The number of fused-ring (bicyclic) bond motifs is 1. The third-order valence-electron chi connectivity index (χ3n) is 5.65. The van der Waals surface area contributed by atoms with Crippen molar-refractivity contribution in [1.29, 1.82) is 0 Å². The number of para-hydroxylation sites is 1. The van der Waals surface area contributed by atoms with Gasteiger partial charge in [-0.15, -0.1) is 22.7 Å². The van der Waals surface area contributed by atoms with Crippen molar-refractivity contribution >= 4 is 49.5 Å². The minimum Gasteiger partial charge on any atom is -0.351 e. The zero-order valence-corrected chi connectivity index (χ0v) is 23.3. The summed E-state index contributed by atoms with van der Waals surface area (Å²) in [7, 11) is -3.72. The first-order chi connectivity index (χ1) is 18.5. The minimum atomic E-state index is -3.72. The number of hydrogen-bond donors (Lipinski definition) is 4. The molecule has 13 heteroatoms. The molecule has 38 heavy (non-hydrogen) atoms. The van der Waals surface area contributed by atoms with Crippen LogP contribution in [-0.4, -0.2) is 62.0 Å². The molecule has 0 unspecified atom stereocenters. The average Bonchev–Trinajstić information content (AvgIpc) is 3.60. The first-order valence-corrected chi connectivity index (χ1v) is 15.6. The summed E-state index contributed by atoms with van der Waals surface area (Å²) in [4.78, 5) is 25.8. The third-order valence-corrected chi connectivity index (χ3v) is 8.91. The summed E-state index contributed by atoms with van der Waals surface area (Å²) in [6.07, 6.45) is 4.92. The number of unbranched alkanes of at least 4 members (excludes halogenated alkanes) is 1. The van der Waals surface area contributed by atoms with E-state index in [2.05, 4.69) is 30.3 Å². The third kappa shape index (κ3) is 7.62. The molecule has 5 N–H and O–H groups in total. The van der Waals surface area contributed by atoms with Gasteiger partial charge in [-0.3, -0.25) is 9.78 Å². The number of carbonyl (C=O) groups excluding carboxylic acids is 1. The lowest BCUT2D eigenvalue weighted by Gasteiger charge is -2.08. The molecule has 0 aliphatic heterocycles. The molecular formula is C25H31N7O3S3. The molecule has 3 aromatic heterocycles. The monoisotopic (exact) mass is 573 g/mol. The van der Waals surface area contributed by atoms with E-state index in [9.17, 15) is 13.2 Å². The van der Waals surface area contributed by atoms with Gasteiger partial charge in [0.25, 0.3) is 5.91 Å². The second-order valence-electron chi connectivity index (χ2n) is 8.50.